The van der Waals surface area contributed by atoms with Crippen LogP contribution in [0.2, 0.25) is 0 Å². The van der Waals surface area contributed by atoms with Crippen LogP contribution in [0, 0.1) is 13.8 Å². The number of carbonyl (C=O) groups excluding carboxylic acids is 1. The first-order valence-corrected chi connectivity index (χ1v) is 11.1. The molecule has 0 bridgehead atoms. The molecule has 3 rings (SSSR count). The average Bonchev–Trinajstić information content (AvgIpc) is 2.86. The molecular weight excluding hydrogens is 435 g/mol. The number of rotatable bonds is 3. The minimum atomic E-state index is -4.51. The van der Waals surface area contributed by atoms with E-state index in [0.29, 0.717) is 17.8 Å². The van der Waals surface area contributed by atoms with Crippen molar-refractivity contribution in [3.8, 4) is 0 Å². The standard InChI is InChI=1S/C19H24F3N5O3S/c1-13-17(14(2)25(3)24-13)31(29,30)27-9-5-8-26(10-11-27)18(28)23-16-7-4-6-15(12-16)19(20,21)22/h4,6-7,12H,5,8-11H2,1-3H3,(H,23,28). The van der Waals surface area contributed by atoms with Crippen LogP contribution in [0.25, 0.3) is 0 Å². The SMILES string of the molecule is Cc1nn(C)c(C)c1S(=O)(=O)N1CCCN(C(=O)Nc2cccc(C(F)(F)F)c2)CC1. The Morgan fingerprint density at radius 3 is 2.45 bits per heavy atom. The number of amides is 2. The normalized spacial score (nSPS) is 16.3. The van der Waals surface area contributed by atoms with Gasteiger partial charge in [-0.3, -0.25) is 4.68 Å². The van der Waals surface area contributed by atoms with Gasteiger partial charge in [-0.25, -0.2) is 13.2 Å². The van der Waals surface area contributed by atoms with Crippen molar-refractivity contribution in [1.29, 1.82) is 0 Å². The first-order valence-electron chi connectivity index (χ1n) is 9.65. The zero-order chi connectivity index (χ0) is 23.0. The molecule has 0 spiro atoms. The van der Waals surface area contributed by atoms with Crippen LogP contribution in [0.3, 0.4) is 0 Å². The summed E-state index contributed by atoms with van der Waals surface area (Å²) in [6.07, 6.45) is -4.12. The topological polar surface area (TPSA) is 87.5 Å². The number of hydrogen-bond acceptors (Lipinski definition) is 4. The zero-order valence-electron chi connectivity index (χ0n) is 17.4. The third-order valence-corrected chi connectivity index (χ3v) is 7.38. The molecule has 0 atom stereocenters. The third kappa shape index (κ3) is 4.85. The number of urea groups is 1. The molecule has 1 aliphatic heterocycles. The second-order valence-corrected chi connectivity index (χ2v) is 9.25. The molecular formula is C19H24F3N5O3S. The number of benzene rings is 1. The molecule has 31 heavy (non-hydrogen) atoms. The lowest BCUT2D eigenvalue weighted by atomic mass is 10.2. The van der Waals surface area contributed by atoms with Gasteiger partial charge in [0.1, 0.15) is 4.90 Å². The fraction of sp³-hybridized carbons (Fsp3) is 0.474. The van der Waals surface area contributed by atoms with Gasteiger partial charge in [0.2, 0.25) is 10.0 Å². The average molecular weight is 459 g/mol. The number of anilines is 1. The molecule has 0 unspecified atom stereocenters. The van der Waals surface area contributed by atoms with Gasteiger partial charge in [-0.05, 0) is 38.5 Å². The van der Waals surface area contributed by atoms with Crippen molar-refractivity contribution in [2.75, 3.05) is 31.5 Å². The number of aryl methyl sites for hydroxylation is 2. The van der Waals surface area contributed by atoms with E-state index in [4.69, 9.17) is 0 Å². The molecule has 8 nitrogen and oxygen atoms in total. The van der Waals surface area contributed by atoms with Gasteiger partial charge in [0.25, 0.3) is 0 Å². The fourth-order valence-electron chi connectivity index (χ4n) is 3.57. The maximum atomic E-state index is 13.1. The first kappa shape index (κ1) is 23.1. The quantitative estimate of drug-likeness (QED) is 0.765. The Hall–Kier alpha value is -2.60. The molecule has 0 aliphatic carbocycles. The first-order chi connectivity index (χ1) is 14.4. The van der Waals surface area contributed by atoms with Crippen molar-refractivity contribution in [3.63, 3.8) is 0 Å². The monoisotopic (exact) mass is 459 g/mol. The van der Waals surface area contributed by atoms with Crippen LogP contribution in [0.15, 0.2) is 29.2 Å². The molecule has 2 aromatic rings. The van der Waals surface area contributed by atoms with Gasteiger partial charge in [-0.1, -0.05) is 6.07 Å². The van der Waals surface area contributed by atoms with E-state index in [1.165, 1.54) is 26.0 Å². The van der Waals surface area contributed by atoms with Crippen molar-refractivity contribution in [1.82, 2.24) is 19.0 Å². The van der Waals surface area contributed by atoms with Gasteiger partial charge in [0.05, 0.1) is 17.0 Å². The van der Waals surface area contributed by atoms with E-state index in [2.05, 4.69) is 10.4 Å². The number of halogens is 3. The number of hydrogen-bond donors (Lipinski definition) is 1. The third-order valence-electron chi connectivity index (χ3n) is 5.22. The molecule has 2 amide bonds. The molecule has 1 fully saturated rings. The zero-order valence-corrected chi connectivity index (χ0v) is 18.2. The molecule has 12 heteroatoms. The van der Waals surface area contributed by atoms with Crippen LogP contribution in [-0.4, -0.2) is 59.6 Å². The Bertz CT molecular complexity index is 1080. The molecule has 0 radical (unpaired) electrons. The smallest absolute Gasteiger partial charge is 0.323 e. The predicted molar refractivity (Wildman–Crippen MR) is 108 cm³/mol. The van der Waals surface area contributed by atoms with Crippen molar-refractivity contribution in [2.45, 2.75) is 31.3 Å². The molecule has 1 saturated heterocycles. The summed E-state index contributed by atoms with van der Waals surface area (Å²) in [5.74, 6) is 0. The number of nitrogens with zero attached hydrogens (tertiary/aromatic N) is 4. The summed E-state index contributed by atoms with van der Waals surface area (Å²) in [4.78, 5) is 14.1. The number of aromatic nitrogens is 2. The van der Waals surface area contributed by atoms with Crippen LogP contribution in [0.4, 0.5) is 23.7 Å². The molecule has 2 heterocycles. The Morgan fingerprint density at radius 1 is 1.13 bits per heavy atom. The Labute approximate surface area is 178 Å². The number of nitrogens with one attached hydrogen (secondary N) is 1. The van der Waals surface area contributed by atoms with Crippen LogP contribution in [0.5, 0.6) is 0 Å². The van der Waals surface area contributed by atoms with E-state index in [1.54, 1.807) is 20.9 Å². The Morgan fingerprint density at radius 2 is 1.84 bits per heavy atom. The molecule has 1 N–H and O–H groups in total. The minimum Gasteiger partial charge on any atom is -0.323 e. The van der Waals surface area contributed by atoms with Crippen molar-refractivity contribution in [3.05, 3.63) is 41.2 Å². The van der Waals surface area contributed by atoms with Gasteiger partial charge in [-0.2, -0.15) is 22.6 Å². The van der Waals surface area contributed by atoms with Crippen molar-refractivity contribution >= 4 is 21.7 Å². The largest absolute Gasteiger partial charge is 0.416 e. The maximum Gasteiger partial charge on any atom is 0.416 e. The van der Waals surface area contributed by atoms with Crippen LogP contribution < -0.4 is 5.32 Å². The molecule has 0 saturated carbocycles. The van der Waals surface area contributed by atoms with E-state index in [0.717, 1.165) is 12.1 Å². The summed E-state index contributed by atoms with van der Waals surface area (Å²) in [5.41, 5.74) is 0.0973. The Kier molecular flexibility index (Phi) is 6.33. The van der Waals surface area contributed by atoms with E-state index in [1.807, 2.05) is 0 Å². The van der Waals surface area contributed by atoms with Gasteiger partial charge in [0.15, 0.2) is 0 Å². The Balaban J connectivity index is 1.71. The van der Waals surface area contributed by atoms with Crippen LogP contribution in [0.1, 0.15) is 23.4 Å². The molecule has 170 valence electrons. The van der Waals surface area contributed by atoms with Crippen LogP contribution >= 0.6 is 0 Å². The summed E-state index contributed by atoms with van der Waals surface area (Å²) in [6, 6.07) is 3.80. The van der Waals surface area contributed by atoms with Gasteiger partial charge < -0.3 is 10.2 Å². The lowest BCUT2D eigenvalue weighted by Gasteiger charge is -2.22. The van der Waals surface area contributed by atoms with E-state index in [9.17, 15) is 26.4 Å². The van der Waals surface area contributed by atoms with E-state index in [-0.39, 0.29) is 36.8 Å². The van der Waals surface area contributed by atoms with E-state index < -0.39 is 27.8 Å². The minimum absolute atomic E-state index is 0.0233. The highest BCUT2D eigenvalue weighted by atomic mass is 32.2. The van der Waals surface area contributed by atoms with Crippen molar-refractivity contribution < 1.29 is 26.4 Å². The second-order valence-electron chi connectivity index (χ2n) is 7.38. The summed E-state index contributed by atoms with van der Waals surface area (Å²) in [5, 5.41) is 6.63. The highest BCUT2D eigenvalue weighted by molar-refractivity contribution is 7.89. The number of alkyl halides is 3. The van der Waals surface area contributed by atoms with Crippen LogP contribution in [-0.2, 0) is 23.2 Å². The lowest BCUT2D eigenvalue weighted by molar-refractivity contribution is -0.137. The molecule has 1 aliphatic rings. The lowest BCUT2D eigenvalue weighted by Crippen LogP contribution is -2.39. The highest BCUT2D eigenvalue weighted by Gasteiger charge is 2.33. The number of sulfonamides is 1. The van der Waals surface area contributed by atoms with Gasteiger partial charge in [0, 0.05) is 38.9 Å². The number of carbonyl (C=O) groups is 1. The summed E-state index contributed by atoms with van der Waals surface area (Å²) in [7, 11) is -2.12. The molecule has 1 aromatic carbocycles. The summed E-state index contributed by atoms with van der Waals surface area (Å²) >= 11 is 0. The summed E-state index contributed by atoms with van der Waals surface area (Å²) < 4.78 is 67.7. The van der Waals surface area contributed by atoms with E-state index >= 15 is 0 Å². The van der Waals surface area contributed by atoms with Gasteiger partial charge in [-0.15, -0.1) is 0 Å². The highest BCUT2D eigenvalue weighted by Crippen LogP contribution is 2.31. The molecule has 1 aromatic heterocycles. The maximum absolute atomic E-state index is 13.1. The fourth-order valence-corrected chi connectivity index (χ4v) is 5.44. The predicted octanol–water partition coefficient (Wildman–Crippen LogP) is 2.98. The van der Waals surface area contributed by atoms with Gasteiger partial charge >= 0.3 is 12.2 Å². The van der Waals surface area contributed by atoms with Crippen molar-refractivity contribution in [2.24, 2.45) is 7.05 Å². The summed E-state index contributed by atoms with van der Waals surface area (Å²) in [6.45, 7) is 4.01. The second kappa shape index (κ2) is 8.50.